The molecule has 5 heteroatoms. The van der Waals surface area contributed by atoms with Crippen LogP contribution in [0.5, 0.6) is 0 Å². The minimum atomic E-state index is -4.54. The van der Waals surface area contributed by atoms with Crippen molar-refractivity contribution in [3.8, 4) is 0 Å². The molecule has 0 unspecified atom stereocenters. The summed E-state index contributed by atoms with van der Waals surface area (Å²) in [5, 5.41) is 10.3. The molecule has 0 amide bonds. The smallest absolute Gasteiger partial charge is 0.386 e. The van der Waals surface area contributed by atoms with Crippen molar-refractivity contribution < 1.29 is 13.2 Å². The molecule has 0 aromatic carbocycles. The van der Waals surface area contributed by atoms with E-state index in [2.05, 4.69) is 5.32 Å². The molecule has 98 valence electrons. The summed E-state index contributed by atoms with van der Waals surface area (Å²) in [6.07, 6.45) is -1.01. The van der Waals surface area contributed by atoms with Gasteiger partial charge in [-0.05, 0) is 39.5 Å². The van der Waals surface area contributed by atoms with Gasteiger partial charge in [0.25, 0.3) is 0 Å². The summed E-state index contributed by atoms with van der Waals surface area (Å²) in [6.45, 7) is 3.79. The average molecular weight is 248 g/mol. The highest BCUT2D eigenvalue weighted by Crippen LogP contribution is 2.29. The first-order valence-corrected chi connectivity index (χ1v) is 5.97. The molecule has 0 fully saturated rings. The maximum absolute atomic E-state index is 12.6. The predicted molar refractivity (Wildman–Crippen MR) is 62.2 cm³/mol. The van der Waals surface area contributed by atoms with Crippen LogP contribution in [0.3, 0.4) is 0 Å². The summed E-state index contributed by atoms with van der Waals surface area (Å²) in [5.74, 6) is 0. The van der Waals surface area contributed by atoms with Crippen LogP contribution in [0.15, 0.2) is 11.3 Å². The number of hydrogen-bond acceptors (Lipinski definition) is 2. The SMILES string of the molecule is CC(C)NC1=C(C(=N)C(F)(F)F)CCCCC1. The van der Waals surface area contributed by atoms with E-state index in [0.717, 1.165) is 19.3 Å². The second-order valence-electron chi connectivity index (χ2n) is 4.69. The first-order valence-electron chi connectivity index (χ1n) is 5.97. The van der Waals surface area contributed by atoms with Crippen molar-refractivity contribution in [2.24, 2.45) is 0 Å². The Labute approximate surface area is 99.8 Å². The van der Waals surface area contributed by atoms with Crippen LogP contribution in [-0.4, -0.2) is 17.9 Å². The maximum Gasteiger partial charge on any atom is 0.432 e. The molecule has 0 aromatic heterocycles. The molecule has 1 aliphatic rings. The predicted octanol–water partition coefficient (Wildman–Crippen LogP) is 3.78. The molecule has 2 nitrogen and oxygen atoms in total. The topological polar surface area (TPSA) is 35.9 Å². The molecule has 2 N–H and O–H groups in total. The van der Waals surface area contributed by atoms with Crippen molar-refractivity contribution in [1.82, 2.24) is 5.32 Å². The molecule has 1 rings (SSSR count). The van der Waals surface area contributed by atoms with Crippen molar-refractivity contribution in [2.75, 3.05) is 0 Å². The van der Waals surface area contributed by atoms with Crippen LogP contribution in [0, 0.1) is 5.41 Å². The molecule has 0 saturated carbocycles. The van der Waals surface area contributed by atoms with Crippen LogP contribution in [0.1, 0.15) is 46.0 Å². The largest absolute Gasteiger partial charge is 0.432 e. The lowest BCUT2D eigenvalue weighted by Gasteiger charge is -2.19. The zero-order valence-electron chi connectivity index (χ0n) is 10.2. The number of rotatable bonds is 3. The van der Waals surface area contributed by atoms with Gasteiger partial charge in [-0.25, -0.2) is 0 Å². The van der Waals surface area contributed by atoms with E-state index in [1.807, 2.05) is 13.8 Å². The average Bonchev–Trinajstić information content (AvgIpc) is 2.40. The molecule has 0 spiro atoms. The molecular formula is C12H19F3N2. The maximum atomic E-state index is 12.6. The molecule has 17 heavy (non-hydrogen) atoms. The van der Waals surface area contributed by atoms with Gasteiger partial charge in [0, 0.05) is 17.3 Å². The first-order chi connectivity index (χ1) is 7.82. The van der Waals surface area contributed by atoms with Gasteiger partial charge in [0.1, 0.15) is 5.71 Å². The van der Waals surface area contributed by atoms with Crippen molar-refractivity contribution in [2.45, 2.75) is 58.2 Å². The highest BCUT2D eigenvalue weighted by molar-refractivity contribution is 6.02. The fourth-order valence-corrected chi connectivity index (χ4v) is 2.04. The van der Waals surface area contributed by atoms with E-state index in [-0.39, 0.29) is 11.6 Å². The van der Waals surface area contributed by atoms with Crippen molar-refractivity contribution in [1.29, 1.82) is 5.41 Å². The minimum absolute atomic E-state index is 0.0964. The van der Waals surface area contributed by atoms with Gasteiger partial charge in [-0.15, -0.1) is 0 Å². The Bertz CT molecular complexity index is 316. The van der Waals surface area contributed by atoms with E-state index < -0.39 is 11.9 Å². The summed E-state index contributed by atoms with van der Waals surface area (Å²) in [5.41, 5.74) is -0.411. The van der Waals surface area contributed by atoms with Crippen molar-refractivity contribution in [3.63, 3.8) is 0 Å². The Balaban J connectivity index is 2.99. The van der Waals surface area contributed by atoms with E-state index in [1.54, 1.807) is 0 Å². The lowest BCUT2D eigenvalue weighted by Crippen LogP contribution is -2.30. The van der Waals surface area contributed by atoms with Crippen LogP contribution < -0.4 is 5.32 Å². The molecule has 0 heterocycles. The zero-order valence-corrected chi connectivity index (χ0v) is 10.2. The summed E-state index contributed by atoms with van der Waals surface area (Å²) in [6, 6.07) is 0.0964. The lowest BCUT2D eigenvalue weighted by molar-refractivity contribution is -0.0591. The summed E-state index contributed by atoms with van der Waals surface area (Å²) in [7, 11) is 0. The molecule has 1 aliphatic carbocycles. The number of hydrogen-bond donors (Lipinski definition) is 2. The number of halogens is 3. The third kappa shape index (κ3) is 4.06. The second kappa shape index (κ2) is 5.56. The van der Waals surface area contributed by atoms with Crippen LogP contribution in [-0.2, 0) is 0 Å². The number of alkyl halides is 3. The van der Waals surface area contributed by atoms with E-state index in [1.165, 1.54) is 0 Å². The van der Waals surface area contributed by atoms with E-state index in [4.69, 9.17) is 5.41 Å². The highest BCUT2D eigenvalue weighted by Gasteiger charge is 2.37. The summed E-state index contributed by atoms with van der Waals surface area (Å²) in [4.78, 5) is 0. The van der Waals surface area contributed by atoms with Crippen molar-refractivity contribution in [3.05, 3.63) is 11.3 Å². The van der Waals surface area contributed by atoms with Gasteiger partial charge >= 0.3 is 6.18 Å². The third-order valence-electron chi connectivity index (χ3n) is 2.77. The van der Waals surface area contributed by atoms with Gasteiger partial charge in [0.05, 0.1) is 0 Å². The first kappa shape index (κ1) is 14.1. The Kier molecular flexibility index (Phi) is 4.60. The molecule has 0 aromatic rings. The molecule has 0 radical (unpaired) electrons. The van der Waals surface area contributed by atoms with Gasteiger partial charge in [0.15, 0.2) is 0 Å². The molecule has 0 saturated heterocycles. The fourth-order valence-electron chi connectivity index (χ4n) is 2.04. The minimum Gasteiger partial charge on any atom is -0.386 e. The number of nitrogens with one attached hydrogen (secondary N) is 2. The second-order valence-corrected chi connectivity index (χ2v) is 4.69. The van der Waals surface area contributed by atoms with Gasteiger partial charge in [-0.2, -0.15) is 13.2 Å². The normalized spacial score (nSPS) is 18.2. The van der Waals surface area contributed by atoms with Gasteiger partial charge in [-0.3, -0.25) is 5.41 Å². The van der Waals surface area contributed by atoms with Crippen LogP contribution in [0.4, 0.5) is 13.2 Å². The van der Waals surface area contributed by atoms with Crippen LogP contribution >= 0.6 is 0 Å². The van der Waals surface area contributed by atoms with Crippen LogP contribution in [0.25, 0.3) is 0 Å². The van der Waals surface area contributed by atoms with Gasteiger partial charge < -0.3 is 5.32 Å². The van der Waals surface area contributed by atoms with E-state index >= 15 is 0 Å². The van der Waals surface area contributed by atoms with E-state index in [0.29, 0.717) is 18.5 Å². The lowest BCUT2D eigenvalue weighted by atomic mass is 10.0. The Morgan fingerprint density at radius 3 is 2.29 bits per heavy atom. The summed E-state index contributed by atoms with van der Waals surface area (Å²) < 4.78 is 37.8. The Morgan fingerprint density at radius 1 is 1.18 bits per heavy atom. The number of allylic oxidation sites excluding steroid dienone is 2. The highest BCUT2D eigenvalue weighted by atomic mass is 19.4. The quantitative estimate of drug-likeness (QED) is 0.732. The molecule has 0 atom stereocenters. The summed E-state index contributed by atoms with van der Waals surface area (Å²) >= 11 is 0. The Morgan fingerprint density at radius 2 is 1.76 bits per heavy atom. The molecular weight excluding hydrogens is 229 g/mol. The third-order valence-corrected chi connectivity index (χ3v) is 2.77. The Hall–Kier alpha value is -1.00. The van der Waals surface area contributed by atoms with Crippen molar-refractivity contribution >= 4 is 5.71 Å². The fraction of sp³-hybridized carbons (Fsp3) is 0.750. The molecule has 0 bridgehead atoms. The standard InChI is InChI=1S/C12H19F3N2/c1-8(2)17-10-7-5-3-4-6-9(10)11(16)12(13,14)15/h8,16-17H,3-7H2,1-2H3. The van der Waals surface area contributed by atoms with Gasteiger partial charge in [-0.1, -0.05) is 6.42 Å². The van der Waals surface area contributed by atoms with Crippen LogP contribution in [0.2, 0.25) is 0 Å². The zero-order chi connectivity index (χ0) is 13.1. The molecule has 0 aliphatic heterocycles. The van der Waals surface area contributed by atoms with Gasteiger partial charge in [0.2, 0.25) is 0 Å². The monoisotopic (exact) mass is 248 g/mol. The van der Waals surface area contributed by atoms with E-state index in [9.17, 15) is 13.2 Å².